The molecule has 8 heteroatoms. The number of carbonyl (C=O) groups excluding carboxylic acids is 2. The molecule has 2 saturated heterocycles. The van der Waals surface area contributed by atoms with Gasteiger partial charge < -0.3 is 24.8 Å². The second-order valence-electron chi connectivity index (χ2n) is 10.00. The summed E-state index contributed by atoms with van der Waals surface area (Å²) in [7, 11) is 0. The summed E-state index contributed by atoms with van der Waals surface area (Å²) in [6.07, 6.45) is -0.954. The van der Waals surface area contributed by atoms with Crippen LogP contribution in [0, 0.1) is 11.3 Å². The molecule has 3 aliphatic rings. The van der Waals surface area contributed by atoms with Gasteiger partial charge in [-0.05, 0) is 41.5 Å². The second kappa shape index (κ2) is 9.00. The van der Waals surface area contributed by atoms with Crippen molar-refractivity contribution in [1.82, 2.24) is 10.2 Å². The SMILES string of the molecule is C[C@@H]1CN(C(=O)C2OCCC2NC(=O)OCC2c3ccccc3-c3ccccc32)C[C@@]1(C)C(=O)O. The predicted molar refractivity (Wildman–Crippen MR) is 128 cm³/mol. The van der Waals surface area contributed by atoms with Crippen LogP contribution in [0.5, 0.6) is 0 Å². The van der Waals surface area contributed by atoms with E-state index in [1.54, 1.807) is 11.8 Å². The lowest BCUT2D eigenvalue weighted by Gasteiger charge is -2.26. The van der Waals surface area contributed by atoms with Crippen LogP contribution in [0.3, 0.4) is 0 Å². The summed E-state index contributed by atoms with van der Waals surface area (Å²) in [6.45, 7) is 4.49. The third kappa shape index (κ3) is 4.05. The summed E-state index contributed by atoms with van der Waals surface area (Å²) in [6, 6.07) is 15.7. The zero-order valence-electron chi connectivity index (χ0n) is 19.9. The van der Waals surface area contributed by atoms with E-state index in [-0.39, 0.29) is 30.9 Å². The van der Waals surface area contributed by atoms with Crippen molar-refractivity contribution in [2.45, 2.75) is 38.3 Å². The first-order valence-electron chi connectivity index (χ1n) is 12.0. The number of hydrogen-bond acceptors (Lipinski definition) is 5. The van der Waals surface area contributed by atoms with Gasteiger partial charge in [0, 0.05) is 25.6 Å². The van der Waals surface area contributed by atoms with E-state index in [0.29, 0.717) is 19.6 Å². The maximum absolute atomic E-state index is 13.2. The topological polar surface area (TPSA) is 105 Å². The fraction of sp³-hybridized carbons (Fsp3) is 0.444. The highest BCUT2D eigenvalue weighted by Crippen LogP contribution is 2.44. The molecular formula is C27H30N2O6. The maximum Gasteiger partial charge on any atom is 0.407 e. The molecule has 4 atom stereocenters. The smallest absolute Gasteiger partial charge is 0.407 e. The number of aliphatic carboxylic acids is 1. The van der Waals surface area contributed by atoms with Crippen molar-refractivity contribution in [3.05, 3.63) is 59.7 Å². The summed E-state index contributed by atoms with van der Waals surface area (Å²) < 4.78 is 11.3. The number of carboxylic acids is 1. The summed E-state index contributed by atoms with van der Waals surface area (Å²) >= 11 is 0. The number of benzene rings is 2. The van der Waals surface area contributed by atoms with Crippen molar-refractivity contribution in [2.75, 3.05) is 26.3 Å². The number of nitrogens with one attached hydrogen (secondary N) is 1. The Morgan fingerprint density at radius 2 is 1.74 bits per heavy atom. The Bertz CT molecular complexity index is 1120. The minimum absolute atomic E-state index is 0.0507. The lowest BCUT2D eigenvalue weighted by molar-refractivity contribution is -0.149. The number of nitrogens with zero attached hydrogens (tertiary/aromatic N) is 1. The molecule has 2 unspecified atom stereocenters. The molecule has 5 rings (SSSR count). The minimum atomic E-state index is -0.996. The van der Waals surface area contributed by atoms with Gasteiger partial charge >= 0.3 is 12.1 Å². The van der Waals surface area contributed by atoms with Crippen LogP contribution >= 0.6 is 0 Å². The Balaban J connectivity index is 1.21. The summed E-state index contributed by atoms with van der Waals surface area (Å²) in [5.41, 5.74) is 3.57. The van der Waals surface area contributed by atoms with Gasteiger partial charge in [0.25, 0.3) is 5.91 Å². The van der Waals surface area contributed by atoms with Gasteiger partial charge in [-0.15, -0.1) is 0 Å². The third-order valence-corrected chi connectivity index (χ3v) is 7.88. The van der Waals surface area contributed by atoms with Crippen LogP contribution in [-0.4, -0.2) is 66.4 Å². The van der Waals surface area contributed by atoms with Gasteiger partial charge in [-0.3, -0.25) is 9.59 Å². The van der Waals surface area contributed by atoms with E-state index in [9.17, 15) is 19.5 Å². The van der Waals surface area contributed by atoms with Crippen LogP contribution in [0.4, 0.5) is 4.79 Å². The molecule has 2 N–H and O–H groups in total. The monoisotopic (exact) mass is 478 g/mol. The number of carboxylic acid groups (broad SMARTS) is 1. The molecule has 2 aromatic rings. The van der Waals surface area contributed by atoms with Crippen molar-refractivity contribution in [1.29, 1.82) is 0 Å². The average molecular weight is 479 g/mol. The molecule has 2 aliphatic heterocycles. The molecule has 184 valence electrons. The average Bonchev–Trinajstić information content (AvgIpc) is 3.52. The van der Waals surface area contributed by atoms with Gasteiger partial charge in [-0.25, -0.2) is 4.79 Å². The Kier molecular flexibility index (Phi) is 6.01. The van der Waals surface area contributed by atoms with E-state index in [1.807, 2.05) is 31.2 Å². The standard InChI is InChI=1S/C27H30N2O6/c1-16-13-29(15-27(16,2)25(31)32)24(30)23-22(11-12-34-23)28-26(33)35-14-21-19-9-5-3-7-17(19)18-8-4-6-10-20(18)21/h3-10,16,21-23H,11-15H2,1-2H3,(H,28,33)(H,31,32)/t16-,22?,23?,27-/m1/s1. The van der Waals surface area contributed by atoms with E-state index in [2.05, 4.69) is 29.6 Å². The molecule has 0 aromatic heterocycles. The molecule has 2 aromatic carbocycles. The Morgan fingerprint density at radius 3 is 2.34 bits per heavy atom. The number of hydrogen-bond donors (Lipinski definition) is 2. The number of rotatable bonds is 5. The largest absolute Gasteiger partial charge is 0.481 e. The number of fused-ring (bicyclic) bond motifs is 3. The Labute approximate surface area is 204 Å². The highest BCUT2D eigenvalue weighted by Gasteiger charge is 2.50. The van der Waals surface area contributed by atoms with Gasteiger partial charge in [-0.2, -0.15) is 0 Å². The van der Waals surface area contributed by atoms with E-state index in [1.165, 1.54) is 0 Å². The number of carbonyl (C=O) groups is 3. The van der Waals surface area contributed by atoms with E-state index in [0.717, 1.165) is 22.3 Å². The molecule has 0 radical (unpaired) electrons. The summed E-state index contributed by atoms with van der Waals surface area (Å²) in [5, 5.41) is 12.4. The van der Waals surface area contributed by atoms with E-state index >= 15 is 0 Å². The Morgan fingerprint density at radius 1 is 1.11 bits per heavy atom. The molecule has 0 saturated carbocycles. The molecule has 2 heterocycles. The van der Waals surface area contributed by atoms with Crippen LogP contribution in [0.15, 0.2) is 48.5 Å². The van der Waals surface area contributed by atoms with Gasteiger partial charge in [0.15, 0.2) is 6.10 Å². The first-order valence-corrected chi connectivity index (χ1v) is 12.0. The highest BCUT2D eigenvalue weighted by molar-refractivity contribution is 5.85. The molecule has 35 heavy (non-hydrogen) atoms. The minimum Gasteiger partial charge on any atom is -0.481 e. The van der Waals surface area contributed by atoms with Gasteiger partial charge in [0.05, 0.1) is 11.5 Å². The molecule has 1 aliphatic carbocycles. The molecule has 0 bridgehead atoms. The highest BCUT2D eigenvalue weighted by atomic mass is 16.6. The van der Waals surface area contributed by atoms with Crippen LogP contribution in [-0.2, 0) is 19.1 Å². The van der Waals surface area contributed by atoms with Crippen LogP contribution in [0.25, 0.3) is 11.1 Å². The first kappa shape index (κ1) is 23.4. The zero-order chi connectivity index (χ0) is 24.7. The zero-order valence-corrected chi connectivity index (χ0v) is 19.9. The lowest BCUT2D eigenvalue weighted by atomic mass is 9.81. The summed E-state index contributed by atoms with van der Waals surface area (Å²) in [5.74, 6) is -1.44. The Hall–Kier alpha value is -3.39. The van der Waals surface area contributed by atoms with Crippen molar-refractivity contribution in [3.8, 4) is 11.1 Å². The molecular weight excluding hydrogens is 448 g/mol. The van der Waals surface area contributed by atoms with E-state index in [4.69, 9.17) is 9.47 Å². The normalized spacial score (nSPS) is 27.4. The number of likely N-dealkylation sites (tertiary alicyclic amines) is 1. The fourth-order valence-corrected chi connectivity index (χ4v) is 5.55. The van der Waals surface area contributed by atoms with Gasteiger partial charge in [-0.1, -0.05) is 55.5 Å². The molecule has 8 nitrogen and oxygen atoms in total. The fourth-order valence-electron chi connectivity index (χ4n) is 5.55. The van der Waals surface area contributed by atoms with E-state index < -0.39 is 29.6 Å². The molecule has 2 fully saturated rings. The second-order valence-corrected chi connectivity index (χ2v) is 10.00. The van der Waals surface area contributed by atoms with Gasteiger partial charge in [0.2, 0.25) is 0 Å². The van der Waals surface area contributed by atoms with Crippen molar-refractivity contribution < 1.29 is 29.0 Å². The number of amides is 2. The number of alkyl carbamates (subject to hydrolysis) is 1. The van der Waals surface area contributed by atoms with Crippen molar-refractivity contribution in [3.63, 3.8) is 0 Å². The summed E-state index contributed by atoms with van der Waals surface area (Å²) in [4.78, 5) is 39.1. The first-order chi connectivity index (χ1) is 16.8. The third-order valence-electron chi connectivity index (χ3n) is 7.88. The predicted octanol–water partition coefficient (Wildman–Crippen LogP) is 3.25. The van der Waals surface area contributed by atoms with Crippen molar-refractivity contribution >= 4 is 18.0 Å². The maximum atomic E-state index is 13.2. The van der Waals surface area contributed by atoms with Crippen molar-refractivity contribution in [2.24, 2.45) is 11.3 Å². The van der Waals surface area contributed by atoms with Crippen LogP contribution in [0.1, 0.15) is 37.3 Å². The number of ether oxygens (including phenoxy) is 2. The van der Waals surface area contributed by atoms with Crippen LogP contribution < -0.4 is 5.32 Å². The quantitative estimate of drug-likeness (QED) is 0.684. The molecule has 2 amide bonds. The molecule has 0 spiro atoms. The van der Waals surface area contributed by atoms with Crippen LogP contribution in [0.2, 0.25) is 0 Å². The van der Waals surface area contributed by atoms with Gasteiger partial charge in [0.1, 0.15) is 6.61 Å². The lowest BCUT2D eigenvalue weighted by Crippen LogP contribution is -2.49.